The van der Waals surface area contributed by atoms with Crippen LogP contribution in [0.5, 0.6) is 11.5 Å². The smallest absolute Gasteiger partial charge is 0.361 e. The molecular formula is C18H23N3O6. The molecule has 9 heteroatoms. The number of hydrogen-bond acceptors (Lipinski definition) is 8. The summed E-state index contributed by atoms with van der Waals surface area (Å²) >= 11 is 0. The van der Waals surface area contributed by atoms with E-state index in [4.69, 9.17) is 18.9 Å². The number of aromatic nitrogens is 3. The molecule has 0 amide bonds. The molecule has 2 aromatic rings. The van der Waals surface area contributed by atoms with Crippen molar-refractivity contribution in [3.63, 3.8) is 0 Å². The predicted octanol–water partition coefficient (Wildman–Crippen LogP) is 2.38. The number of carbonyl (C=O) groups excluding carboxylic acids is 2. The van der Waals surface area contributed by atoms with Gasteiger partial charge in [0.25, 0.3) is 0 Å². The second-order valence-electron chi connectivity index (χ2n) is 5.66. The minimum Gasteiger partial charge on any atom is -0.490 e. The van der Waals surface area contributed by atoms with Crippen LogP contribution in [-0.2, 0) is 14.3 Å². The molecule has 0 fully saturated rings. The lowest BCUT2D eigenvalue weighted by Crippen LogP contribution is -2.19. The van der Waals surface area contributed by atoms with Crippen molar-refractivity contribution in [1.29, 1.82) is 0 Å². The highest BCUT2D eigenvalue weighted by Gasteiger charge is 2.20. The van der Waals surface area contributed by atoms with Crippen LogP contribution in [-0.4, -0.2) is 53.3 Å². The molecule has 1 N–H and O–H groups in total. The van der Waals surface area contributed by atoms with Gasteiger partial charge in [-0.3, -0.25) is 0 Å². The zero-order chi connectivity index (χ0) is 19.8. The first-order valence-electron chi connectivity index (χ1n) is 8.63. The molecule has 1 heterocycles. The molecular weight excluding hydrogens is 354 g/mol. The normalized spacial score (nSPS) is 10.6. The van der Waals surface area contributed by atoms with E-state index < -0.39 is 11.9 Å². The first kappa shape index (κ1) is 20.2. The van der Waals surface area contributed by atoms with Gasteiger partial charge in [-0.05, 0) is 45.9 Å². The molecule has 0 radical (unpaired) electrons. The van der Waals surface area contributed by atoms with E-state index in [0.29, 0.717) is 29.4 Å². The quantitative estimate of drug-likeness (QED) is 0.663. The molecule has 146 valence electrons. The fraction of sp³-hybridized carbons (Fsp3) is 0.444. The number of rotatable bonds is 9. The highest BCUT2D eigenvalue weighted by Crippen LogP contribution is 2.33. The second-order valence-corrected chi connectivity index (χ2v) is 5.66. The van der Waals surface area contributed by atoms with Crippen molar-refractivity contribution in [3.05, 3.63) is 23.9 Å². The summed E-state index contributed by atoms with van der Waals surface area (Å²) in [6, 6.07) is 4.98. The Balaban J connectivity index is 2.24. The maximum Gasteiger partial charge on any atom is 0.361 e. The van der Waals surface area contributed by atoms with Crippen molar-refractivity contribution in [2.24, 2.45) is 0 Å². The first-order valence-corrected chi connectivity index (χ1v) is 8.63. The fourth-order valence-electron chi connectivity index (χ4n) is 2.25. The van der Waals surface area contributed by atoms with Gasteiger partial charge in [-0.25, -0.2) is 9.59 Å². The minimum absolute atomic E-state index is 0.0773. The molecule has 9 nitrogen and oxygen atoms in total. The molecule has 0 aliphatic heterocycles. The van der Waals surface area contributed by atoms with Crippen molar-refractivity contribution < 1.29 is 28.5 Å². The summed E-state index contributed by atoms with van der Waals surface area (Å²) in [5, 5.41) is 10.3. The summed E-state index contributed by atoms with van der Waals surface area (Å²) in [4.78, 5) is 23.7. The standard InChI is InChI=1S/C18H23N3O6/c1-5-24-14-9-12(16-17(20-21-19-16)18(23)25-6-2)7-8-13(14)26-10-15(22)27-11(3)4/h7-9,11H,5-6,10H2,1-4H3,(H,19,20,21). The number of nitrogens with zero attached hydrogens (tertiary/aromatic N) is 2. The van der Waals surface area contributed by atoms with Gasteiger partial charge in [0, 0.05) is 5.56 Å². The zero-order valence-electron chi connectivity index (χ0n) is 15.8. The van der Waals surface area contributed by atoms with Crippen LogP contribution in [0, 0.1) is 0 Å². The van der Waals surface area contributed by atoms with Gasteiger partial charge in [-0.1, -0.05) is 0 Å². The van der Waals surface area contributed by atoms with Gasteiger partial charge in [0.2, 0.25) is 0 Å². The molecule has 0 aliphatic carbocycles. The summed E-state index contributed by atoms with van der Waals surface area (Å²) in [6.07, 6.45) is -0.219. The number of benzene rings is 1. The Hall–Kier alpha value is -3.10. The first-order chi connectivity index (χ1) is 13.0. The molecule has 1 aromatic heterocycles. The van der Waals surface area contributed by atoms with Crippen molar-refractivity contribution in [3.8, 4) is 22.8 Å². The summed E-state index contributed by atoms with van der Waals surface area (Å²) in [6.45, 7) is 7.43. The van der Waals surface area contributed by atoms with Crippen LogP contribution < -0.4 is 9.47 Å². The summed E-state index contributed by atoms with van der Waals surface area (Å²) in [5.41, 5.74) is 1.00. The van der Waals surface area contributed by atoms with E-state index in [1.807, 2.05) is 6.92 Å². The molecule has 0 atom stereocenters. The summed E-state index contributed by atoms with van der Waals surface area (Å²) < 4.78 is 21.1. The maximum absolute atomic E-state index is 12.0. The minimum atomic E-state index is -0.573. The van der Waals surface area contributed by atoms with Gasteiger partial charge in [0.1, 0.15) is 5.69 Å². The Morgan fingerprint density at radius 2 is 1.85 bits per heavy atom. The van der Waals surface area contributed by atoms with E-state index in [1.165, 1.54) is 0 Å². The molecule has 1 aromatic carbocycles. The van der Waals surface area contributed by atoms with E-state index in [0.717, 1.165) is 0 Å². The average Bonchev–Trinajstić information content (AvgIpc) is 3.10. The zero-order valence-corrected chi connectivity index (χ0v) is 15.8. The van der Waals surface area contributed by atoms with Gasteiger partial charge in [0.15, 0.2) is 23.8 Å². The Labute approximate surface area is 157 Å². The topological polar surface area (TPSA) is 113 Å². The Morgan fingerprint density at radius 3 is 2.52 bits per heavy atom. The lowest BCUT2D eigenvalue weighted by atomic mass is 10.1. The van der Waals surface area contributed by atoms with Crippen molar-refractivity contribution in [2.75, 3.05) is 19.8 Å². The van der Waals surface area contributed by atoms with Crippen LogP contribution in [0.15, 0.2) is 18.2 Å². The molecule has 0 unspecified atom stereocenters. The summed E-state index contributed by atoms with van der Waals surface area (Å²) in [5.74, 6) is -0.263. The van der Waals surface area contributed by atoms with E-state index >= 15 is 0 Å². The van der Waals surface area contributed by atoms with Gasteiger partial charge in [-0.15, -0.1) is 5.10 Å². The van der Waals surface area contributed by atoms with Gasteiger partial charge in [-0.2, -0.15) is 10.3 Å². The van der Waals surface area contributed by atoms with Crippen LogP contribution in [0.25, 0.3) is 11.3 Å². The van der Waals surface area contributed by atoms with E-state index in [9.17, 15) is 9.59 Å². The molecule has 0 aliphatic rings. The van der Waals surface area contributed by atoms with Crippen molar-refractivity contribution >= 4 is 11.9 Å². The fourth-order valence-corrected chi connectivity index (χ4v) is 2.25. The van der Waals surface area contributed by atoms with Crippen LogP contribution in [0.2, 0.25) is 0 Å². The number of nitrogens with one attached hydrogen (secondary N) is 1. The lowest BCUT2D eigenvalue weighted by molar-refractivity contribution is -0.149. The van der Waals surface area contributed by atoms with Crippen molar-refractivity contribution in [2.45, 2.75) is 33.8 Å². The molecule has 0 saturated heterocycles. The highest BCUT2D eigenvalue weighted by atomic mass is 16.6. The largest absolute Gasteiger partial charge is 0.490 e. The van der Waals surface area contributed by atoms with E-state index in [1.54, 1.807) is 39.0 Å². The second kappa shape index (κ2) is 9.56. The van der Waals surface area contributed by atoms with E-state index in [2.05, 4.69) is 15.4 Å². The number of esters is 2. The Bertz CT molecular complexity index is 787. The number of H-pyrrole nitrogens is 1. The molecule has 27 heavy (non-hydrogen) atoms. The van der Waals surface area contributed by atoms with Crippen molar-refractivity contribution in [1.82, 2.24) is 15.4 Å². The Kier molecular flexibility index (Phi) is 7.16. The number of carbonyl (C=O) groups is 2. The monoisotopic (exact) mass is 377 g/mol. The van der Waals surface area contributed by atoms with Gasteiger partial charge >= 0.3 is 11.9 Å². The van der Waals surface area contributed by atoms with Crippen LogP contribution in [0.1, 0.15) is 38.2 Å². The Morgan fingerprint density at radius 1 is 1.07 bits per heavy atom. The molecule has 0 bridgehead atoms. The third-order valence-corrected chi connectivity index (χ3v) is 3.25. The number of hydrogen-bond donors (Lipinski definition) is 1. The lowest BCUT2D eigenvalue weighted by Gasteiger charge is -2.13. The van der Waals surface area contributed by atoms with E-state index in [-0.39, 0.29) is 25.0 Å². The summed E-state index contributed by atoms with van der Waals surface area (Å²) in [7, 11) is 0. The van der Waals surface area contributed by atoms with Gasteiger partial charge < -0.3 is 18.9 Å². The van der Waals surface area contributed by atoms with Gasteiger partial charge in [0.05, 0.1) is 19.3 Å². The predicted molar refractivity (Wildman–Crippen MR) is 95.7 cm³/mol. The van der Waals surface area contributed by atoms with Crippen LogP contribution >= 0.6 is 0 Å². The van der Waals surface area contributed by atoms with Crippen LogP contribution in [0.4, 0.5) is 0 Å². The average molecular weight is 377 g/mol. The number of ether oxygens (including phenoxy) is 4. The number of aromatic amines is 1. The molecule has 2 rings (SSSR count). The highest BCUT2D eigenvalue weighted by molar-refractivity contribution is 5.94. The third-order valence-electron chi connectivity index (χ3n) is 3.25. The molecule has 0 saturated carbocycles. The SMILES string of the molecule is CCOC(=O)c1n[nH]nc1-c1ccc(OCC(=O)OC(C)C)c(OCC)c1. The maximum atomic E-state index is 12.0. The van der Waals surface area contributed by atoms with Crippen LogP contribution in [0.3, 0.4) is 0 Å². The third kappa shape index (κ3) is 5.44. The molecule has 0 spiro atoms.